The largest absolute Gasteiger partial charge is 0.493 e. The van der Waals surface area contributed by atoms with Gasteiger partial charge in [0.15, 0.2) is 11.5 Å². The molecule has 0 fully saturated rings. The fraction of sp³-hybridized carbons (Fsp3) is 0.118. The van der Waals surface area contributed by atoms with Gasteiger partial charge in [0, 0.05) is 0 Å². The van der Waals surface area contributed by atoms with Crippen molar-refractivity contribution in [2.24, 2.45) is 10.8 Å². The molecule has 2 amide bonds. The van der Waals surface area contributed by atoms with E-state index in [9.17, 15) is 9.59 Å². The number of amides is 2. The molecule has 0 radical (unpaired) electrons. The number of carbonyl (C=O) groups is 2. The van der Waals surface area contributed by atoms with Crippen LogP contribution in [-0.4, -0.2) is 25.3 Å². The van der Waals surface area contributed by atoms with E-state index in [-0.39, 0.29) is 5.75 Å². The lowest BCUT2D eigenvalue weighted by Crippen LogP contribution is -2.24. The number of rotatable bonds is 5. The number of hydrogen-bond donors (Lipinski definition) is 2. The number of benzene rings is 2. The Hall–Kier alpha value is -3.35. The van der Waals surface area contributed by atoms with Crippen molar-refractivity contribution < 1.29 is 19.1 Å². The number of nitrogens with one attached hydrogen (secondary N) is 1. The van der Waals surface area contributed by atoms with Gasteiger partial charge in [-0.3, -0.25) is 0 Å². The molecule has 2 aromatic carbocycles. The molecule has 0 unspecified atom stereocenters. The molecule has 0 bridgehead atoms. The molecule has 0 aromatic heterocycles. The number of nitrogens with two attached hydrogens (primary N) is 1. The van der Waals surface area contributed by atoms with Crippen LogP contribution in [0, 0.1) is 6.92 Å². The molecular formula is C17H17N3O4. The maximum atomic E-state index is 12.2. The van der Waals surface area contributed by atoms with Crippen molar-refractivity contribution in [3.63, 3.8) is 0 Å². The molecule has 0 saturated carbocycles. The quantitative estimate of drug-likeness (QED) is 0.380. The summed E-state index contributed by atoms with van der Waals surface area (Å²) in [4.78, 5) is 22.8. The van der Waals surface area contributed by atoms with Gasteiger partial charge in [0.1, 0.15) is 0 Å². The van der Waals surface area contributed by atoms with Gasteiger partial charge >= 0.3 is 12.0 Å². The number of primary amides is 1. The molecule has 7 nitrogen and oxygen atoms in total. The Morgan fingerprint density at radius 1 is 1.17 bits per heavy atom. The van der Waals surface area contributed by atoms with Crippen LogP contribution >= 0.6 is 0 Å². The highest BCUT2D eigenvalue weighted by atomic mass is 16.6. The van der Waals surface area contributed by atoms with Crippen LogP contribution in [0.5, 0.6) is 11.5 Å². The minimum absolute atomic E-state index is 0.281. The molecule has 2 aromatic rings. The van der Waals surface area contributed by atoms with Gasteiger partial charge in [0.25, 0.3) is 0 Å². The van der Waals surface area contributed by atoms with Crippen LogP contribution in [0.15, 0.2) is 47.6 Å². The minimum atomic E-state index is -0.762. The number of urea groups is 1. The summed E-state index contributed by atoms with van der Waals surface area (Å²) in [6.07, 6.45) is 1.39. The second-order valence-electron chi connectivity index (χ2n) is 4.90. The molecule has 0 heterocycles. The highest BCUT2D eigenvalue weighted by Crippen LogP contribution is 2.28. The molecule has 0 spiro atoms. The lowest BCUT2D eigenvalue weighted by Gasteiger charge is -2.10. The van der Waals surface area contributed by atoms with Crippen molar-refractivity contribution in [2.75, 3.05) is 7.11 Å². The molecule has 124 valence electrons. The Balaban J connectivity index is 2.17. The first kappa shape index (κ1) is 17.0. The number of hydrazone groups is 1. The van der Waals surface area contributed by atoms with Crippen molar-refractivity contribution >= 4 is 18.2 Å². The standard InChI is InChI=1S/C17H17N3O4/c1-11-4-3-5-13(8-11)16(21)24-14-7-6-12(9-15(14)23-2)10-19-20-17(18)22/h3-10H,1-2H3,(H3,18,20,22). The van der Waals surface area contributed by atoms with Crippen LogP contribution in [0.3, 0.4) is 0 Å². The average molecular weight is 327 g/mol. The van der Waals surface area contributed by atoms with Crippen molar-refractivity contribution in [1.29, 1.82) is 0 Å². The second-order valence-corrected chi connectivity index (χ2v) is 4.90. The maximum Gasteiger partial charge on any atom is 0.343 e. The summed E-state index contributed by atoms with van der Waals surface area (Å²) in [5, 5.41) is 3.65. The van der Waals surface area contributed by atoms with Crippen molar-refractivity contribution in [3.05, 3.63) is 59.2 Å². The molecule has 3 N–H and O–H groups in total. The third-order valence-electron chi connectivity index (χ3n) is 3.03. The first-order chi connectivity index (χ1) is 11.5. The summed E-state index contributed by atoms with van der Waals surface area (Å²) in [5.41, 5.74) is 9.05. The molecule has 7 heteroatoms. The van der Waals surface area contributed by atoms with Crippen LogP contribution in [0.1, 0.15) is 21.5 Å². The monoisotopic (exact) mass is 327 g/mol. The molecule has 0 aliphatic carbocycles. The zero-order chi connectivity index (χ0) is 17.5. The van der Waals surface area contributed by atoms with E-state index in [1.807, 2.05) is 13.0 Å². The summed E-state index contributed by atoms with van der Waals surface area (Å²) in [6, 6.07) is 11.2. The van der Waals surface area contributed by atoms with E-state index in [0.717, 1.165) is 5.56 Å². The van der Waals surface area contributed by atoms with Gasteiger partial charge in [0.2, 0.25) is 0 Å². The van der Waals surface area contributed by atoms with E-state index in [4.69, 9.17) is 15.2 Å². The Morgan fingerprint density at radius 2 is 1.96 bits per heavy atom. The van der Waals surface area contributed by atoms with E-state index in [1.54, 1.807) is 36.4 Å². The number of aryl methyl sites for hydroxylation is 1. The normalized spacial score (nSPS) is 10.4. The first-order valence-electron chi connectivity index (χ1n) is 7.05. The van der Waals surface area contributed by atoms with E-state index in [2.05, 4.69) is 10.5 Å². The van der Waals surface area contributed by atoms with Crippen LogP contribution in [0.2, 0.25) is 0 Å². The van der Waals surface area contributed by atoms with Gasteiger partial charge in [-0.1, -0.05) is 17.7 Å². The molecule has 0 saturated heterocycles. The summed E-state index contributed by atoms with van der Waals surface area (Å²) in [5.74, 6) is 0.164. The predicted molar refractivity (Wildman–Crippen MR) is 89.4 cm³/mol. The minimum Gasteiger partial charge on any atom is -0.493 e. The highest BCUT2D eigenvalue weighted by Gasteiger charge is 2.12. The Labute approximate surface area is 139 Å². The molecule has 0 aliphatic heterocycles. The maximum absolute atomic E-state index is 12.2. The molecule has 0 atom stereocenters. The molecular weight excluding hydrogens is 310 g/mol. The zero-order valence-electron chi connectivity index (χ0n) is 13.3. The third kappa shape index (κ3) is 4.57. The number of carbonyl (C=O) groups excluding carboxylic acids is 2. The van der Waals surface area contributed by atoms with Gasteiger partial charge in [-0.25, -0.2) is 15.0 Å². The van der Waals surface area contributed by atoms with Crippen molar-refractivity contribution in [3.8, 4) is 11.5 Å². The van der Waals surface area contributed by atoms with Gasteiger partial charge < -0.3 is 15.2 Å². The highest BCUT2D eigenvalue weighted by molar-refractivity contribution is 5.91. The summed E-state index contributed by atoms with van der Waals surface area (Å²) < 4.78 is 10.6. The Bertz CT molecular complexity index is 787. The number of hydrogen-bond acceptors (Lipinski definition) is 5. The van der Waals surface area contributed by atoms with Gasteiger partial charge in [-0.2, -0.15) is 5.10 Å². The van der Waals surface area contributed by atoms with Crippen molar-refractivity contribution in [1.82, 2.24) is 5.43 Å². The van der Waals surface area contributed by atoms with E-state index >= 15 is 0 Å². The zero-order valence-corrected chi connectivity index (χ0v) is 13.3. The van der Waals surface area contributed by atoms with E-state index in [0.29, 0.717) is 16.9 Å². The third-order valence-corrected chi connectivity index (χ3v) is 3.03. The Morgan fingerprint density at radius 3 is 2.62 bits per heavy atom. The lowest BCUT2D eigenvalue weighted by molar-refractivity contribution is 0.0729. The fourth-order valence-corrected chi connectivity index (χ4v) is 1.95. The lowest BCUT2D eigenvalue weighted by atomic mass is 10.1. The molecule has 2 rings (SSSR count). The van der Waals surface area contributed by atoms with Gasteiger partial charge in [0.05, 0.1) is 18.9 Å². The van der Waals surface area contributed by atoms with Crippen LogP contribution in [0.4, 0.5) is 4.79 Å². The summed E-state index contributed by atoms with van der Waals surface area (Å²) in [7, 11) is 1.46. The SMILES string of the molecule is COc1cc(C=NNC(N)=O)ccc1OC(=O)c1cccc(C)c1. The predicted octanol–water partition coefficient (Wildman–Crippen LogP) is 2.23. The van der Waals surface area contributed by atoms with E-state index < -0.39 is 12.0 Å². The molecule has 0 aliphatic rings. The Kier molecular flexibility index (Phi) is 5.51. The van der Waals surface area contributed by atoms with Crippen LogP contribution in [-0.2, 0) is 0 Å². The van der Waals surface area contributed by atoms with Gasteiger partial charge in [-0.15, -0.1) is 0 Å². The number of nitrogens with zero attached hydrogens (tertiary/aromatic N) is 1. The van der Waals surface area contributed by atoms with Crippen LogP contribution < -0.4 is 20.6 Å². The topological polar surface area (TPSA) is 103 Å². The number of ether oxygens (including phenoxy) is 2. The number of esters is 1. The first-order valence-corrected chi connectivity index (χ1v) is 7.05. The van der Waals surface area contributed by atoms with Crippen LogP contribution in [0.25, 0.3) is 0 Å². The average Bonchev–Trinajstić information content (AvgIpc) is 2.55. The smallest absolute Gasteiger partial charge is 0.343 e. The van der Waals surface area contributed by atoms with Crippen molar-refractivity contribution in [2.45, 2.75) is 6.92 Å². The second kappa shape index (κ2) is 7.77. The summed E-state index contributed by atoms with van der Waals surface area (Å²) >= 11 is 0. The number of methoxy groups -OCH3 is 1. The van der Waals surface area contributed by atoms with E-state index in [1.165, 1.54) is 13.3 Å². The van der Waals surface area contributed by atoms with Gasteiger partial charge in [-0.05, 0) is 42.8 Å². The summed E-state index contributed by atoms with van der Waals surface area (Å²) in [6.45, 7) is 1.89. The molecule has 24 heavy (non-hydrogen) atoms. The fourth-order valence-electron chi connectivity index (χ4n) is 1.95.